The molecule has 0 saturated heterocycles. The maximum absolute atomic E-state index is 11.4. The van der Waals surface area contributed by atoms with Crippen molar-refractivity contribution in [3.05, 3.63) is 29.8 Å². The molecule has 0 N–H and O–H groups in total. The summed E-state index contributed by atoms with van der Waals surface area (Å²) in [6.07, 6.45) is 0.918. The Morgan fingerprint density at radius 2 is 2.12 bits per heavy atom. The van der Waals surface area contributed by atoms with E-state index in [0.717, 1.165) is 6.42 Å². The van der Waals surface area contributed by atoms with Gasteiger partial charge in [-0.2, -0.15) is 5.26 Å². The molecule has 1 aromatic rings. The second-order valence-corrected chi connectivity index (χ2v) is 5.00. The quantitative estimate of drug-likeness (QED) is 0.761. The monoisotopic (exact) mass is 237 g/mol. The van der Waals surface area contributed by atoms with Crippen LogP contribution in [0.3, 0.4) is 0 Å². The zero-order valence-corrected chi connectivity index (χ0v) is 10.1. The maximum atomic E-state index is 11.4. The molecule has 0 bridgehead atoms. The summed E-state index contributed by atoms with van der Waals surface area (Å²) in [5, 5.41) is 8.82. The van der Waals surface area contributed by atoms with E-state index >= 15 is 0 Å². The van der Waals surface area contributed by atoms with Gasteiger partial charge >= 0.3 is 0 Å². The van der Waals surface area contributed by atoms with Crippen LogP contribution in [0.2, 0.25) is 0 Å². The van der Waals surface area contributed by atoms with Gasteiger partial charge in [-0.1, -0.05) is 19.1 Å². The zero-order chi connectivity index (χ0) is 11.8. The van der Waals surface area contributed by atoms with Crippen LogP contribution in [0.15, 0.2) is 24.3 Å². The molecule has 0 amide bonds. The van der Waals surface area contributed by atoms with Crippen LogP contribution in [0.25, 0.3) is 0 Å². The highest BCUT2D eigenvalue weighted by Crippen LogP contribution is 2.16. The summed E-state index contributed by atoms with van der Waals surface area (Å²) in [5.74, 6) is 1.80. The summed E-state index contributed by atoms with van der Waals surface area (Å²) >= 11 is 0. The Morgan fingerprint density at radius 1 is 1.38 bits per heavy atom. The molecule has 0 radical (unpaired) electrons. The Kier molecular flexibility index (Phi) is 5.58. The van der Waals surface area contributed by atoms with Crippen molar-refractivity contribution in [1.82, 2.24) is 0 Å². The minimum Gasteiger partial charge on any atom is -0.491 e. The topological polar surface area (TPSA) is 50.1 Å². The average molecular weight is 237 g/mol. The highest BCUT2D eigenvalue weighted by atomic mass is 32.2. The van der Waals surface area contributed by atoms with Crippen LogP contribution in [0, 0.1) is 11.3 Å². The van der Waals surface area contributed by atoms with Crippen LogP contribution in [-0.4, -0.2) is 22.3 Å². The fourth-order valence-electron chi connectivity index (χ4n) is 1.26. The van der Waals surface area contributed by atoms with Gasteiger partial charge in [0.1, 0.15) is 11.8 Å². The van der Waals surface area contributed by atoms with Gasteiger partial charge in [0.25, 0.3) is 0 Å². The first-order valence-electron chi connectivity index (χ1n) is 5.24. The van der Waals surface area contributed by atoms with Gasteiger partial charge < -0.3 is 4.74 Å². The zero-order valence-electron chi connectivity index (χ0n) is 9.31. The number of hydrogen-bond donors (Lipinski definition) is 0. The standard InChI is InChI=1S/C12H15NO2S/c1-2-8-16(14)9-7-15-12-6-4-3-5-11(12)10-13/h3-6H,2,7-9H2,1H3. The lowest BCUT2D eigenvalue weighted by molar-refractivity contribution is 0.341. The molecule has 0 spiro atoms. The number of ether oxygens (including phenoxy) is 1. The fraction of sp³-hybridized carbons (Fsp3) is 0.417. The van der Waals surface area contributed by atoms with Crippen molar-refractivity contribution in [2.75, 3.05) is 18.1 Å². The van der Waals surface area contributed by atoms with Gasteiger partial charge in [0.2, 0.25) is 0 Å². The Hall–Kier alpha value is -1.34. The molecule has 86 valence electrons. The minimum atomic E-state index is -0.810. The molecule has 3 nitrogen and oxygen atoms in total. The molecule has 1 aromatic carbocycles. The van der Waals surface area contributed by atoms with Gasteiger partial charge in [0.05, 0.1) is 17.9 Å². The van der Waals surface area contributed by atoms with Crippen LogP contribution in [0.4, 0.5) is 0 Å². The third kappa shape index (κ3) is 4.03. The van der Waals surface area contributed by atoms with E-state index < -0.39 is 10.8 Å². The second kappa shape index (κ2) is 7.02. The summed E-state index contributed by atoms with van der Waals surface area (Å²) < 4.78 is 16.8. The summed E-state index contributed by atoms with van der Waals surface area (Å²) in [7, 11) is -0.810. The van der Waals surface area contributed by atoms with Crippen molar-refractivity contribution < 1.29 is 8.95 Å². The van der Waals surface area contributed by atoms with E-state index in [0.29, 0.717) is 29.4 Å². The lowest BCUT2D eigenvalue weighted by atomic mass is 10.2. The van der Waals surface area contributed by atoms with Crippen molar-refractivity contribution in [3.63, 3.8) is 0 Å². The first-order chi connectivity index (χ1) is 7.77. The predicted octanol–water partition coefficient (Wildman–Crippen LogP) is 2.10. The van der Waals surface area contributed by atoms with Gasteiger partial charge in [0.15, 0.2) is 0 Å². The molecule has 1 rings (SSSR count). The maximum Gasteiger partial charge on any atom is 0.137 e. The first kappa shape index (κ1) is 12.7. The van der Waals surface area contributed by atoms with Crippen molar-refractivity contribution in [2.24, 2.45) is 0 Å². The van der Waals surface area contributed by atoms with E-state index in [1.807, 2.05) is 13.0 Å². The summed E-state index contributed by atoms with van der Waals surface area (Å²) in [6, 6.07) is 9.13. The smallest absolute Gasteiger partial charge is 0.137 e. The molecule has 16 heavy (non-hydrogen) atoms. The predicted molar refractivity (Wildman–Crippen MR) is 64.8 cm³/mol. The lowest BCUT2D eigenvalue weighted by Crippen LogP contribution is -2.11. The number of para-hydroxylation sites is 1. The third-order valence-electron chi connectivity index (χ3n) is 2.01. The van der Waals surface area contributed by atoms with Gasteiger partial charge in [0, 0.05) is 16.6 Å². The number of benzene rings is 1. The molecule has 1 atom stereocenters. The average Bonchev–Trinajstić information content (AvgIpc) is 2.30. The molecule has 0 saturated carbocycles. The molecule has 0 aliphatic rings. The van der Waals surface area contributed by atoms with Crippen LogP contribution >= 0.6 is 0 Å². The third-order valence-corrected chi connectivity index (χ3v) is 3.49. The SMILES string of the molecule is CCCS(=O)CCOc1ccccc1C#N. The molecule has 0 aliphatic carbocycles. The lowest BCUT2D eigenvalue weighted by Gasteiger charge is -2.06. The Balaban J connectivity index is 2.43. The highest BCUT2D eigenvalue weighted by molar-refractivity contribution is 7.84. The molecule has 4 heteroatoms. The Labute approximate surface area is 98.5 Å². The Bertz CT molecular complexity index is 398. The molecule has 0 heterocycles. The summed E-state index contributed by atoms with van der Waals surface area (Å²) in [6.45, 7) is 2.40. The van der Waals surface area contributed by atoms with E-state index in [1.165, 1.54) is 0 Å². The number of nitriles is 1. The van der Waals surface area contributed by atoms with Crippen LogP contribution in [-0.2, 0) is 10.8 Å². The molecule has 0 aromatic heterocycles. The normalized spacial score (nSPS) is 11.8. The fourth-order valence-corrected chi connectivity index (χ4v) is 2.19. The van der Waals surface area contributed by atoms with E-state index in [9.17, 15) is 4.21 Å². The van der Waals surface area contributed by atoms with Crippen molar-refractivity contribution in [2.45, 2.75) is 13.3 Å². The molecular formula is C12H15NO2S. The van der Waals surface area contributed by atoms with E-state index in [2.05, 4.69) is 6.07 Å². The molecule has 0 fully saturated rings. The number of nitrogens with zero attached hydrogens (tertiary/aromatic N) is 1. The first-order valence-corrected chi connectivity index (χ1v) is 6.73. The minimum absolute atomic E-state index is 0.394. The van der Waals surface area contributed by atoms with E-state index in [-0.39, 0.29) is 0 Å². The second-order valence-electron chi connectivity index (χ2n) is 3.30. The molecule has 1 unspecified atom stereocenters. The van der Waals surface area contributed by atoms with Crippen molar-refractivity contribution in [3.8, 4) is 11.8 Å². The van der Waals surface area contributed by atoms with Gasteiger partial charge in [-0.05, 0) is 18.6 Å². The van der Waals surface area contributed by atoms with Gasteiger partial charge in [-0.15, -0.1) is 0 Å². The van der Waals surface area contributed by atoms with Crippen LogP contribution < -0.4 is 4.74 Å². The highest BCUT2D eigenvalue weighted by Gasteiger charge is 2.03. The van der Waals surface area contributed by atoms with Crippen LogP contribution in [0.1, 0.15) is 18.9 Å². The molecule has 0 aliphatic heterocycles. The summed E-state index contributed by atoms with van der Waals surface area (Å²) in [5.41, 5.74) is 0.517. The Morgan fingerprint density at radius 3 is 2.81 bits per heavy atom. The summed E-state index contributed by atoms with van der Waals surface area (Å²) in [4.78, 5) is 0. The van der Waals surface area contributed by atoms with Crippen LogP contribution in [0.5, 0.6) is 5.75 Å². The van der Waals surface area contributed by atoms with Crippen molar-refractivity contribution in [1.29, 1.82) is 5.26 Å². The largest absolute Gasteiger partial charge is 0.491 e. The van der Waals surface area contributed by atoms with E-state index in [1.54, 1.807) is 18.2 Å². The van der Waals surface area contributed by atoms with Gasteiger partial charge in [-0.25, -0.2) is 0 Å². The van der Waals surface area contributed by atoms with E-state index in [4.69, 9.17) is 10.00 Å². The van der Waals surface area contributed by atoms with Crippen molar-refractivity contribution >= 4 is 10.8 Å². The number of rotatable bonds is 6. The number of hydrogen-bond acceptors (Lipinski definition) is 3. The molecular weight excluding hydrogens is 222 g/mol. The van der Waals surface area contributed by atoms with Gasteiger partial charge in [-0.3, -0.25) is 4.21 Å².